The molecule has 0 rings (SSSR count). The molecule has 3 heteroatoms. The lowest BCUT2D eigenvalue weighted by molar-refractivity contribution is -0.125. The van der Waals surface area contributed by atoms with Crippen molar-refractivity contribution in [3.63, 3.8) is 0 Å². The van der Waals surface area contributed by atoms with Crippen molar-refractivity contribution < 1.29 is 4.79 Å². The highest BCUT2D eigenvalue weighted by Gasteiger charge is 2.18. The van der Waals surface area contributed by atoms with Crippen LogP contribution in [0, 0.1) is 11.3 Å². The molecule has 0 bridgehead atoms. The number of hydrogen-bond acceptors (Lipinski definition) is 2. The van der Waals surface area contributed by atoms with E-state index in [2.05, 4.69) is 26.1 Å². The fourth-order valence-corrected chi connectivity index (χ4v) is 1.18. The zero-order valence-corrected chi connectivity index (χ0v) is 10.6. The number of nitrogens with one attached hydrogen (secondary N) is 1. The first-order valence-electron chi connectivity index (χ1n) is 5.90. The van der Waals surface area contributed by atoms with Gasteiger partial charge in [-0.1, -0.05) is 27.7 Å². The van der Waals surface area contributed by atoms with Gasteiger partial charge in [0.05, 0.1) is 0 Å². The Morgan fingerprint density at radius 2 is 2.07 bits per heavy atom. The van der Waals surface area contributed by atoms with Crippen LogP contribution in [0.4, 0.5) is 0 Å². The van der Waals surface area contributed by atoms with Gasteiger partial charge in [0, 0.05) is 12.5 Å². The van der Waals surface area contributed by atoms with E-state index in [1.165, 1.54) is 0 Å². The quantitative estimate of drug-likeness (QED) is 0.680. The Morgan fingerprint density at radius 3 is 2.53 bits per heavy atom. The lowest BCUT2D eigenvalue weighted by atomic mass is 9.90. The van der Waals surface area contributed by atoms with Crippen LogP contribution in [-0.2, 0) is 4.79 Å². The molecule has 3 nitrogen and oxygen atoms in total. The minimum atomic E-state index is 0.0845. The summed E-state index contributed by atoms with van der Waals surface area (Å²) >= 11 is 0. The van der Waals surface area contributed by atoms with Crippen molar-refractivity contribution in [2.45, 2.75) is 47.0 Å². The van der Waals surface area contributed by atoms with E-state index in [1.807, 2.05) is 6.92 Å². The molecule has 0 spiro atoms. The number of hydrogen-bond donors (Lipinski definition) is 2. The Morgan fingerprint density at radius 1 is 1.47 bits per heavy atom. The number of carbonyl (C=O) groups excluding carboxylic acids is 1. The summed E-state index contributed by atoms with van der Waals surface area (Å²) in [6, 6.07) is 0. The molecular formula is C12H26N2O. The second-order valence-corrected chi connectivity index (χ2v) is 5.07. The minimum Gasteiger partial charge on any atom is -0.355 e. The Hall–Kier alpha value is -0.570. The molecule has 15 heavy (non-hydrogen) atoms. The van der Waals surface area contributed by atoms with Crippen molar-refractivity contribution in [2.24, 2.45) is 17.1 Å². The van der Waals surface area contributed by atoms with Gasteiger partial charge in [-0.2, -0.15) is 0 Å². The standard InChI is InChI=1S/C12H26N2O/c1-5-12(3,4)9-14-11(15)10(2)7-6-8-13/h10H,5-9,13H2,1-4H3,(H,14,15). The minimum absolute atomic E-state index is 0.0845. The van der Waals surface area contributed by atoms with E-state index in [1.54, 1.807) is 0 Å². The SMILES string of the molecule is CCC(C)(C)CNC(=O)C(C)CCCN. The molecule has 3 N–H and O–H groups in total. The van der Waals surface area contributed by atoms with E-state index in [-0.39, 0.29) is 17.2 Å². The zero-order valence-electron chi connectivity index (χ0n) is 10.6. The van der Waals surface area contributed by atoms with Gasteiger partial charge < -0.3 is 11.1 Å². The molecule has 0 aromatic rings. The molecule has 90 valence electrons. The van der Waals surface area contributed by atoms with E-state index in [0.29, 0.717) is 6.54 Å². The van der Waals surface area contributed by atoms with Crippen LogP contribution < -0.4 is 11.1 Å². The molecule has 1 atom stereocenters. The van der Waals surface area contributed by atoms with E-state index in [0.717, 1.165) is 25.8 Å². The third-order valence-corrected chi connectivity index (χ3v) is 2.99. The van der Waals surface area contributed by atoms with Crippen LogP contribution in [-0.4, -0.2) is 19.0 Å². The normalized spacial score (nSPS) is 13.7. The summed E-state index contributed by atoms with van der Waals surface area (Å²) in [6.45, 7) is 9.86. The molecule has 0 aromatic carbocycles. The van der Waals surface area contributed by atoms with Crippen LogP contribution >= 0.6 is 0 Å². The van der Waals surface area contributed by atoms with Crippen molar-refractivity contribution in [1.82, 2.24) is 5.32 Å². The lowest BCUT2D eigenvalue weighted by Crippen LogP contribution is -2.36. The van der Waals surface area contributed by atoms with Crippen molar-refractivity contribution in [1.29, 1.82) is 0 Å². The third-order valence-electron chi connectivity index (χ3n) is 2.99. The highest BCUT2D eigenvalue weighted by Crippen LogP contribution is 2.18. The molecule has 0 saturated carbocycles. The van der Waals surface area contributed by atoms with Crippen molar-refractivity contribution >= 4 is 5.91 Å². The number of carbonyl (C=O) groups is 1. The van der Waals surface area contributed by atoms with Gasteiger partial charge in [0.25, 0.3) is 0 Å². The van der Waals surface area contributed by atoms with Gasteiger partial charge in [0.1, 0.15) is 0 Å². The van der Waals surface area contributed by atoms with E-state index in [4.69, 9.17) is 5.73 Å². The maximum absolute atomic E-state index is 11.7. The number of rotatable bonds is 7. The summed E-state index contributed by atoms with van der Waals surface area (Å²) in [5, 5.41) is 3.00. The molecule has 0 radical (unpaired) electrons. The molecule has 0 saturated heterocycles. The summed E-state index contributed by atoms with van der Waals surface area (Å²) in [7, 11) is 0. The van der Waals surface area contributed by atoms with Gasteiger partial charge in [0.2, 0.25) is 5.91 Å². The third kappa shape index (κ3) is 6.50. The Kier molecular flexibility index (Phi) is 6.57. The van der Waals surface area contributed by atoms with E-state index in [9.17, 15) is 4.79 Å². The maximum atomic E-state index is 11.7. The van der Waals surface area contributed by atoms with Crippen molar-refractivity contribution in [2.75, 3.05) is 13.1 Å². The van der Waals surface area contributed by atoms with Gasteiger partial charge in [-0.05, 0) is 31.2 Å². The zero-order chi connectivity index (χ0) is 11.9. The van der Waals surface area contributed by atoms with Crippen molar-refractivity contribution in [3.8, 4) is 0 Å². The fraction of sp³-hybridized carbons (Fsp3) is 0.917. The second kappa shape index (κ2) is 6.83. The number of amides is 1. The predicted octanol–water partition coefficient (Wildman–Crippen LogP) is 1.91. The molecule has 1 unspecified atom stereocenters. The van der Waals surface area contributed by atoms with Crippen molar-refractivity contribution in [3.05, 3.63) is 0 Å². The molecule has 0 fully saturated rings. The van der Waals surface area contributed by atoms with Gasteiger partial charge in [-0.25, -0.2) is 0 Å². The van der Waals surface area contributed by atoms with Crippen LogP contribution in [0.2, 0.25) is 0 Å². The smallest absolute Gasteiger partial charge is 0.222 e. The van der Waals surface area contributed by atoms with Gasteiger partial charge in [-0.3, -0.25) is 4.79 Å². The summed E-state index contributed by atoms with van der Waals surface area (Å²) in [6.07, 6.45) is 2.88. The largest absolute Gasteiger partial charge is 0.355 e. The monoisotopic (exact) mass is 214 g/mol. The summed E-state index contributed by atoms with van der Waals surface area (Å²) in [4.78, 5) is 11.7. The van der Waals surface area contributed by atoms with Crippen LogP contribution in [0.3, 0.4) is 0 Å². The van der Waals surface area contributed by atoms with Crippen LogP contribution in [0.5, 0.6) is 0 Å². The molecule has 0 heterocycles. The van der Waals surface area contributed by atoms with Crippen LogP contribution in [0.25, 0.3) is 0 Å². The van der Waals surface area contributed by atoms with E-state index >= 15 is 0 Å². The topological polar surface area (TPSA) is 55.1 Å². The Bertz CT molecular complexity index is 190. The molecule has 0 aliphatic heterocycles. The molecule has 1 amide bonds. The van der Waals surface area contributed by atoms with Crippen LogP contribution in [0.1, 0.15) is 47.0 Å². The summed E-state index contributed by atoms with van der Waals surface area (Å²) in [5.41, 5.74) is 5.61. The highest BCUT2D eigenvalue weighted by molar-refractivity contribution is 5.78. The molecule has 0 aliphatic carbocycles. The lowest BCUT2D eigenvalue weighted by Gasteiger charge is -2.24. The molecule has 0 aliphatic rings. The van der Waals surface area contributed by atoms with Gasteiger partial charge in [-0.15, -0.1) is 0 Å². The first-order chi connectivity index (χ1) is 6.93. The average Bonchev–Trinajstić information content (AvgIpc) is 2.22. The van der Waals surface area contributed by atoms with E-state index < -0.39 is 0 Å². The van der Waals surface area contributed by atoms with Gasteiger partial charge >= 0.3 is 0 Å². The molecule has 0 aromatic heterocycles. The van der Waals surface area contributed by atoms with Gasteiger partial charge in [0.15, 0.2) is 0 Å². The first-order valence-corrected chi connectivity index (χ1v) is 5.90. The Balaban J connectivity index is 3.82. The summed E-state index contributed by atoms with van der Waals surface area (Å²) in [5.74, 6) is 0.242. The Labute approximate surface area is 93.8 Å². The number of nitrogens with two attached hydrogens (primary N) is 1. The molecular weight excluding hydrogens is 188 g/mol. The highest BCUT2D eigenvalue weighted by atomic mass is 16.1. The average molecular weight is 214 g/mol. The fourth-order valence-electron chi connectivity index (χ4n) is 1.18. The van der Waals surface area contributed by atoms with Crippen LogP contribution in [0.15, 0.2) is 0 Å². The summed E-state index contributed by atoms with van der Waals surface area (Å²) < 4.78 is 0. The second-order valence-electron chi connectivity index (χ2n) is 5.07. The first kappa shape index (κ1) is 14.4. The predicted molar refractivity (Wildman–Crippen MR) is 64.5 cm³/mol. The maximum Gasteiger partial charge on any atom is 0.222 e.